The van der Waals surface area contributed by atoms with Crippen LogP contribution in [0.5, 0.6) is 0 Å². The van der Waals surface area contributed by atoms with Gasteiger partial charge in [-0.25, -0.2) is 0 Å². The monoisotopic (exact) mass is 395 g/mol. The van der Waals surface area contributed by atoms with Crippen molar-refractivity contribution in [2.24, 2.45) is 0 Å². The number of aromatic amines is 1. The second kappa shape index (κ2) is 7.69. The zero-order valence-corrected chi connectivity index (χ0v) is 16.6. The molecule has 4 rings (SSSR count). The molecule has 2 aromatic rings. The third-order valence-electron chi connectivity index (χ3n) is 5.65. The molecule has 0 unspecified atom stereocenters. The number of hydrogen-bond donors (Lipinski definition) is 3. The first-order valence-corrected chi connectivity index (χ1v) is 10.0. The second-order valence-electron chi connectivity index (χ2n) is 7.85. The summed E-state index contributed by atoms with van der Waals surface area (Å²) in [5.74, 6) is -0.972. The van der Waals surface area contributed by atoms with E-state index in [-0.39, 0.29) is 35.3 Å². The number of rotatable bonds is 3. The number of hydrogen-bond acceptors (Lipinski definition) is 5. The van der Waals surface area contributed by atoms with Crippen molar-refractivity contribution in [2.45, 2.75) is 51.5 Å². The number of carbonyl (C=O) groups is 2. The Bertz CT molecular complexity index is 998. The van der Waals surface area contributed by atoms with Crippen molar-refractivity contribution in [3.8, 4) is 0 Å². The van der Waals surface area contributed by atoms with Crippen molar-refractivity contribution in [1.82, 2.24) is 9.97 Å². The molecule has 1 saturated heterocycles. The van der Waals surface area contributed by atoms with E-state index in [1.54, 1.807) is 12.1 Å². The molecule has 0 radical (unpaired) electrons. The van der Waals surface area contributed by atoms with E-state index in [1.807, 2.05) is 24.0 Å². The summed E-state index contributed by atoms with van der Waals surface area (Å²) in [5.41, 5.74) is 1.52. The predicted molar refractivity (Wildman–Crippen MR) is 111 cm³/mol. The summed E-state index contributed by atoms with van der Waals surface area (Å²) in [7, 11) is 0. The first-order valence-electron chi connectivity index (χ1n) is 10.0. The van der Waals surface area contributed by atoms with Crippen LogP contribution in [0.2, 0.25) is 0 Å². The van der Waals surface area contributed by atoms with Gasteiger partial charge < -0.3 is 15.5 Å². The van der Waals surface area contributed by atoms with Gasteiger partial charge in [-0.3, -0.25) is 19.4 Å². The minimum Gasteiger partial charge on any atom is -0.340 e. The first kappa shape index (κ1) is 19.2. The molecule has 1 aromatic heterocycles. The van der Waals surface area contributed by atoms with E-state index in [0.717, 1.165) is 31.4 Å². The molecule has 2 amide bonds. The summed E-state index contributed by atoms with van der Waals surface area (Å²) in [5, 5.41) is 5.48. The molecule has 2 aliphatic heterocycles. The lowest BCUT2D eigenvalue weighted by Gasteiger charge is -2.34. The molecule has 29 heavy (non-hydrogen) atoms. The Balaban J connectivity index is 1.65. The number of aryl methyl sites for hydroxylation is 1. The maximum atomic E-state index is 12.9. The topological polar surface area (TPSA) is 107 Å². The van der Waals surface area contributed by atoms with Gasteiger partial charge in [-0.05, 0) is 45.2 Å². The molecule has 0 saturated carbocycles. The maximum Gasteiger partial charge on any atom is 0.258 e. The number of aromatic nitrogens is 2. The van der Waals surface area contributed by atoms with E-state index in [4.69, 9.17) is 0 Å². The molecule has 1 aromatic carbocycles. The smallest absolute Gasteiger partial charge is 0.258 e. The van der Waals surface area contributed by atoms with Crippen LogP contribution in [0.25, 0.3) is 0 Å². The van der Waals surface area contributed by atoms with Crippen LogP contribution >= 0.6 is 0 Å². The molecule has 0 spiro atoms. The van der Waals surface area contributed by atoms with Gasteiger partial charge in [0.15, 0.2) is 0 Å². The molecule has 8 nitrogen and oxygen atoms in total. The zero-order valence-electron chi connectivity index (χ0n) is 16.6. The number of anilines is 3. The van der Waals surface area contributed by atoms with Gasteiger partial charge in [0.1, 0.15) is 5.82 Å². The maximum absolute atomic E-state index is 12.9. The van der Waals surface area contributed by atoms with Gasteiger partial charge in [0.05, 0.1) is 11.5 Å². The Morgan fingerprint density at radius 2 is 1.97 bits per heavy atom. The van der Waals surface area contributed by atoms with Crippen LogP contribution in [-0.2, 0) is 9.59 Å². The fourth-order valence-corrected chi connectivity index (χ4v) is 4.00. The van der Waals surface area contributed by atoms with E-state index in [0.29, 0.717) is 11.6 Å². The number of nitrogens with one attached hydrogen (secondary N) is 3. The normalized spacial score (nSPS) is 21.3. The molecule has 0 aliphatic carbocycles. The highest BCUT2D eigenvalue weighted by molar-refractivity contribution is 6.04. The fourth-order valence-electron chi connectivity index (χ4n) is 4.00. The van der Waals surface area contributed by atoms with E-state index in [2.05, 4.69) is 27.5 Å². The van der Waals surface area contributed by atoms with Crippen molar-refractivity contribution in [3.05, 3.63) is 45.7 Å². The van der Waals surface area contributed by atoms with Crippen LogP contribution in [0.3, 0.4) is 0 Å². The van der Waals surface area contributed by atoms with E-state index >= 15 is 0 Å². The Labute approximate surface area is 168 Å². The van der Waals surface area contributed by atoms with Gasteiger partial charge >= 0.3 is 0 Å². The van der Waals surface area contributed by atoms with Gasteiger partial charge in [-0.15, -0.1) is 0 Å². The van der Waals surface area contributed by atoms with Gasteiger partial charge in [0.2, 0.25) is 17.8 Å². The average Bonchev–Trinajstić information content (AvgIpc) is 2.69. The minimum absolute atomic E-state index is 0.0884. The summed E-state index contributed by atoms with van der Waals surface area (Å²) >= 11 is 0. The molecule has 3 N–H and O–H groups in total. The molecule has 8 heteroatoms. The summed E-state index contributed by atoms with van der Waals surface area (Å²) in [4.78, 5) is 47.4. The van der Waals surface area contributed by atoms with Crippen LogP contribution in [0, 0.1) is 6.92 Å². The highest BCUT2D eigenvalue weighted by Crippen LogP contribution is 2.31. The van der Waals surface area contributed by atoms with Crippen LogP contribution in [-0.4, -0.2) is 34.4 Å². The van der Waals surface area contributed by atoms with Gasteiger partial charge in [0, 0.05) is 24.7 Å². The van der Waals surface area contributed by atoms with Crippen molar-refractivity contribution in [2.75, 3.05) is 22.1 Å². The van der Waals surface area contributed by atoms with Crippen LogP contribution < -0.4 is 21.1 Å². The third-order valence-corrected chi connectivity index (χ3v) is 5.65. The summed E-state index contributed by atoms with van der Waals surface area (Å²) < 4.78 is 0. The third kappa shape index (κ3) is 3.87. The molecule has 2 aliphatic rings. The second-order valence-corrected chi connectivity index (χ2v) is 7.85. The number of carbonyl (C=O) groups excluding carboxylic acids is 2. The van der Waals surface area contributed by atoms with E-state index < -0.39 is 11.8 Å². The molecule has 1 fully saturated rings. The SMILES string of the molecule is Cc1ccc(NC(=O)[C@H]2CC(=O)Nc3nc(N4CCCC[C@@H]4C)[nH]c(=O)c32)cc1. The highest BCUT2D eigenvalue weighted by atomic mass is 16.2. The first-order chi connectivity index (χ1) is 13.9. The minimum atomic E-state index is -0.885. The number of nitrogens with zero attached hydrogens (tertiary/aromatic N) is 2. The summed E-state index contributed by atoms with van der Waals surface area (Å²) in [6.07, 6.45) is 3.10. The number of fused-ring (bicyclic) bond motifs is 1. The Morgan fingerprint density at radius 3 is 2.69 bits per heavy atom. The van der Waals surface area contributed by atoms with Gasteiger partial charge in [-0.2, -0.15) is 4.98 Å². The quantitative estimate of drug-likeness (QED) is 0.740. The Hall–Kier alpha value is -3.16. The lowest BCUT2D eigenvalue weighted by Crippen LogP contribution is -2.41. The molecule has 3 heterocycles. The number of piperidine rings is 1. The van der Waals surface area contributed by atoms with Crippen molar-refractivity contribution in [3.63, 3.8) is 0 Å². The number of amides is 2. The molecule has 152 valence electrons. The lowest BCUT2D eigenvalue weighted by atomic mass is 9.92. The molecule has 0 bridgehead atoms. The summed E-state index contributed by atoms with van der Waals surface area (Å²) in [6, 6.07) is 7.61. The zero-order chi connectivity index (χ0) is 20.5. The highest BCUT2D eigenvalue weighted by Gasteiger charge is 2.35. The molecular weight excluding hydrogens is 370 g/mol. The number of H-pyrrole nitrogens is 1. The van der Waals surface area contributed by atoms with E-state index in [1.165, 1.54) is 0 Å². The summed E-state index contributed by atoms with van der Waals surface area (Å²) in [6.45, 7) is 4.85. The Morgan fingerprint density at radius 1 is 1.21 bits per heavy atom. The largest absolute Gasteiger partial charge is 0.340 e. The van der Waals surface area contributed by atoms with E-state index in [9.17, 15) is 14.4 Å². The molecule has 2 atom stereocenters. The standard InChI is InChI=1S/C21H25N5O3/c1-12-6-8-14(9-7-12)22-19(28)15-11-16(27)23-18-17(15)20(29)25-21(24-18)26-10-4-3-5-13(26)2/h6-9,13,15H,3-5,10-11H2,1-2H3,(H,22,28)(H2,23,24,25,27,29)/t13-,15-/m0/s1. The lowest BCUT2D eigenvalue weighted by molar-refractivity contribution is -0.123. The molecular formula is C21H25N5O3. The van der Waals surface area contributed by atoms with Gasteiger partial charge in [0.25, 0.3) is 5.56 Å². The van der Waals surface area contributed by atoms with Crippen LogP contribution in [0.15, 0.2) is 29.1 Å². The van der Waals surface area contributed by atoms with Crippen LogP contribution in [0.1, 0.15) is 49.7 Å². The Kier molecular flexibility index (Phi) is 5.08. The van der Waals surface area contributed by atoms with Crippen molar-refractivity contribution in [1.29, 1.82) is 0 Å². The number of benzene rings is 1. The predicted octanol–water partition coefficient (Wildman–Crippen LogP) is 2.52. The fraction of sp³-hybridized carbons (Fsp3) is 0.429. The average molecular weight is 395 g/mol. The van der Waals surface area contributed by atoms with Crippen molar-refractivity contribution < 1.29 is 9.59 Å². The van der Waals surface area contributed by atoms with Gasteiger partial charge in [-0.1, -0.05) is 17.7 Å². The van der Waals surface area contributed by atoms with Crippen LogP contribution in [0.4, 0.5) is 17.5 Å². The van der Waals surface area contributed by atoms with Crippen molar-refractivity contribution >= 4 is 29.3 Å².